The summed E-state index contributed by atoms with van der Waals surface area (Å²) in [6, 6.07) is 13.1. The molecule has 0 bridgehead atoms. The van der Waals surface area contributed by atoms with Crippen molar-refractivity contribution < 1.29 is 9.53 Å². The predicted molar refractivity (Wildman–Crippen MR) is 133 cm³/mol. The zero-order valence-electron chi connectivity index (χ0n) is 18.9. The number of amides is 1. The van der Waals surface area contributed by atoms with Gasteiger partial charge in [-0.05, 0) is 55.7 Å². The van der Waals surface area contributed by atoms with Crippen molar-refractivity contribution in [2.45, 2.75) is 38.4 Å². The fourth-order valence-electron chi connectivity index (χ4n) is 4.45. The Morgan fingerprint density at radius 2 is 2.09 bits per heavy atom. The second kappa shape index (κ2) is 9.44. The van der Waals surface area contributed by atoms with E-state index in [0.29, 0.717) is 29.5 Å². The quantitative estimate of drug-likeness (QED) is 0.400. The van der Waals surface area contributed by atoms with E-state index in [1.54, 1.807) is 18.6 Å². The summed E-state index contributed by atoms with van der Waals surface area (Å²) in [5.74, 6) is 0.557. The molecule has 7 nitrogen and oxygen atoms in total. The van der Waals surface area contributed by atoms with Gasteiger partial charge in [-0.3, -0.25) is 14.9 Å². The molecule has 0 aliphatic heterocycles. The van der Waals surface area contributed by atoms with E-state index >= 15 is 0 Å². The summed E-state index contributed by atoms with van der Waals surface area (Å²) >= 11 is 6.20. The Labute approximate surface area is 202 Å². The summed E-state index contributed by atoms with van der Waals surface area (Å²) in [5, 5.41) is 8.70. The Morgan fingerprint density at radius 3 is 2.82 bits per heavy atom. The van der Waals surface area contributed by atoms with Gasteiger partial charge in [0.2, 0.25) is 0 Å². The molecule has 174 valence electrons. The normalized spacial score (nSPS) is 17.4. The Balaban J connectivity index is 1.50. The van der Waals surface area contributed by atoms with Gasteiger partial charge in [-0.2, -0.15) is 5.10 Å². The number of hydrogen-bond donors (Lipinski definition) is 2. The smallest absolute Gasteiger partial charge is 0.254 e. The fourth-order valence-corrected chi connectivity index (χ4v) is 4.64. The zero-order chi connectivity index (χ0) is 23.7. The second-order valence-electron chi connectivity index (χ2n) is 8.53. The molecule has 0 radical (unpaired) electrons. The topological polar surface area (TPSA) is 97.1 Å². The Morgan fingerprint density at radius 1 is 1.21 bits per heavy atom. The van der Waals surface area contributed by atoms with Crippen molar-refractivity contribution >= 4 is 28.4 Å². The van der Waals surface area contributed by atoms with Crippen LogP contribution in [0.25, 0.3) is 22.0 Å². The van der Waals surface area contributed by atoms with Gasteiger partial charge >= 0.3 is 0 Å². The third kappa shape index (κ3) is 4.24. The third-order valence-electron chi connectivity index (χ3n) is 6.39. The third-order valence-corrected chi connectivity index (χ3v) is 6.62. The molecule has 8 heteroatoms. The average Bonchev–Trinajstić information content (AvgIpc) is 3.32. The first kappa shape index (κ1) is 22.4. The summed E-state index contributed by atoms with van der Waals surface area (Å²) in [6.45, 7) is 2.80. The average molecular weight is 476 g/mol. The molecule has 2 aromatic heterocycles. The number of nitrogens with one attached hydrogen (secondary N) is 1. The number of rotatable bonds is 7. The van der Waals surface area contributed by atoms with Crippen LogP contribution in [0.5, 0.6) is 5.75 Å². The molecule has 34 heavy (non-hydrogen) atoms. The SMILES string of the molecule is CCOc1cc(C(=O)N(Cc2cncc3cn[nH]c23)[C@H]2CC[C@@H]2N)ccc1-c1cccc(Cl)c1. The maximum Gasteiger partial charge on any atom is 0.254 e. The standard InChI is InChI=1S/C26H26ClN5O2/c1-2-34-24-11-17(6-7-21(24)16-4-3-5-20(27)10-16)26(33)32(23-9-8-22(23)28)15-19-13-29-12-18-14-30-31-25(18)19/h3-7,10-14,22-23H,2,8-9,15,28H2,1H3,(H,30,31)/t22-,23-/m0/s1. The van der Waals surface area contributed by atoms with Crippen molar-refractivity contribution in [2.75, 3.05) is 6.61 Å². The van der Waals surface area contributed by atoms with Crippen LogP contribution in [-0.4, -0.2) is 44.7 Å². The number of H-pyrrole nitrogens is 1. The minimum atomic E-state index is -0.0877. The number of benzene rings is 2. The van der Waals surface area contributed by atoms with E-state index in [9.17, 15) is 4.79 Å². The lowest BCUT2D eigenvalue weighted by Crippen LogP contribution is -2.56. The van der Waals surface area contributed by atoms with Crippen LogP contribution in [0, 0.1) is 0 Å². The maximum atomic E-state index is 13.8. The molecule has 2 atom stereocenters. The molecular weight excluding hydrogens is 450 g/mol. The fraction of sp³-hybridized carbons (Fsp3) is 0.269. The lowest BCUT2D eigenvalue weighted by atomic mass is 9.85. The van der Waals surface area contributed by atoms with Crippen molar-refractivity contribution in [1.82, 2.24) is 20.1 Å². The van der Waals surface area contributed by atoms with Crippen LogP contribution in [0.15, 0.2) is 61.1 Å². The van der Waals surface area contributed by atoms with Crippen molar-refractivity contribution in [3.05, 3.63) is 77.2 Å². The molecule has 1 fully saturated rings. The first-order valence-electron chi connectivity index (χ1n) is 11.4. The zero-order valence-corrected chi connectivity index (χ0v) is 19.6. The molecule has 1 amide bonds. The minimum Gasteiger partial charge on any atom is -0.493 e. The lowest BCUT2D eigenvalue weighted by Gasteiger charge is -2.42. The van der Waals surface area contributed by atoms with Gasteiger partial charge in [0.25, 0.3) is 5.91 Å². The highest BCUT2D eigenvalue weighted by Crippen LogP contribution is 2.34. The van der Waals surface area contributed by atoms with E-state index in [2.05, 4.69) is 15.2 Å². The number of aromatic amines is 1. The number of ether oxygens (including phenoxy) is 1. The largest absolute Gasteiger partial charge is 0.493 e. The van der Waals surface area contributed by atoms with E-state index < -0.39 is 0 Å². The molecule has 2 aromatic carbocycles. The van der Waals surface area contributed by atoms with Gasteiger partial charge in [-0.1, -0.05) is 23.7 Å². The summed E-state index contributed by atoms with van der Waals surface area (Å²) in [4.78, 5) is 20.0. The van der Waals surface area contributed by atoms with Crippen molar-refractivity contribution in [3.63, 3.8) is 0 Å². The molecule has 0 spiro atoms. The van der Waals surface area contributed by atoms with Crippen LogP contribution in [0.1, 0.15) is 35.7 Å². The number of nitrogens with zero attached hydrogens (tertiary/aromatic N) is 3. The maximum absolute atomic E-state index is 13.8. The summed E-state index contributed by atoms with van der Waals surface area (Å²) in [6.07, 6.45) is 7.04. The van der Waals surface area contributed by atoms with Gasteiger partial charge in [0.1, 0.15) is 5.75 Å². The summed E-state index contributed by atoms with van der Waals surface area (Å²) in [7, 11) is 0. The Bertz CT molecular complexity index is 1340. The van der Waals surface area contributed by atoms with E-state index in [4.69, 9.17) is 22.1 Å². The second-order valence-corrected chi connectivity index (χ2v) is 8.97. The summed E-state index contributed by atoms with van der Waals surface area (Å²) < 4.78 is 5.93. The monoisotopic (exact) mass is 475 g/mol. The van der Waals surface area contributed by atoms with Crippen LogP contribution in [0.3, 0.4) is 0 Å². The molecule has 0 unspecified atom stereocenters. The number of pyridine rings is 1. The van der Waals surface area contributed by atoms with Gasteiger partial charge in [0, 0.05) is 58.1 Å². The number of carbonyl (C=O) groups is 1. The highest BCUT2D eigenvalue weighted by molar-refractivity contribution is 6.30. The first-order chi connectivity index (χ1) is 16.5. The van der Waals surface area contributed by atoms with E-state index in [-0.39, 0.29) is 18.0 Å². The van der Waals surface area contributed by atoms with Gasteiger partial charge in [0.15, 0.2) is 0 Å². The van der Waals surface area contributed by atoms with Gasteiger partial charge in [0.05, 0.1) is 18.3 Å². The van der Waals surface area contributed by atoms with Crippen molar-refractivity contribution in [2.24, 2.45) is 5.73 Å². The van der Waals surface area contributed by atoms with E-state index in [0.717, 1.165) is 40.4 Å². The van der Waals surface area contributed by atoms with Crippen LogP contribution < -0.4 is 10.5 Å². The first-order valence-corrected chi connectivity index (χ1v) is 11.8. The summed E-state index contributed by atoms with van der Waals surface area (Å²) in [5.41, 5.74) is 10.5. The van der Waals surface area contributed by atoms with Crippen LogP contribution >= 0.6 is 11.6 Å². The number of fused-ring (bicyclic) bond motifs is 1. The predicted octanol–water partition coefficient (Wildman–Crippen LogP) is 4.81. The highest BCUT2D eigenvalue weighted by atomic mass is 35.5. The molecule has 1 saturated carbocycles. The number of aromatic nitrogens is 3. The highest BCUT2D eigenvalue weighted by Gasteiger charge is 2.36. The lowest BCUT2D eigenvalue weighted by molar-refractivity contribution is 0.0504. The molecular formula is C26H26ClN5O2. The molecule has 1 aliphatic rings. The molecule has 2 heterocycles. The number of carbonyl (C=O) groups excluding carboxylic acids is 1. The molecule has 3 N–H and O–H groups in total. The Kier molecular flexibility index (Phi) is 6.22. The van der Waals surface area contributed by atoms with E-state index in [1.165, 1.54) is 0 Å². The van der Waals surface area contributed by atoms with Crippen LogP contribution in [-0.2, 0) is 6.54 Å². The van der Waals surface area contributed by atoms with Gasteiger partial charge in [-0.15, -0.1) is 0 Å². The van der Waals surface area contributed by atoms with Gasteiger partial charge in [-0.25, -0.2) is 0 Å². The van der Waals surface area contributed by atoms with Crippen molar-refractivity contribution in [1.29, 1.82) is 0 Å². The molecule has 4 aromatic rings. The minimum absolute atomic E-state index is 0.0335. The molecule has 5 rings (SSSR count). The number of nitrogens with two attached hydrogens (primary N) is 1. The van der Waals surface area contributed by atoms with Crippen LogP contribution in [0.2, 0.25) is 5.02 Å². The van der Waals surface area contributed by atoms with Crippen LogP contribution in [0.4, 0.5) is 0 Å². The van der Waals surface area contributed by atoms with Gasteiger partial charge < -0.3 is 15.4 Å². The van der Waals surface area contributed by atoms with E-state index in [1.807, 2.05) is 54.3 Å². The molecule has 0 saturated heterocycles. The molecule has 1 aliphatic carbocycles. The number of hydrogen-bond acceptors (Lipinski definition) is 5. The number of halogens is 1. The van der Waals surface area contributed by atoms with Crippen molar-refractivity contribution in [3.8, 4) is 16.9 Å². The Hall–Kier alpha value is -3.42.